The van der Waals surface area contributed by atoms with Gasteiger partial charge in [-0.1, -0.05) is 12.5 Å². The molecule has 2 saturated heterocycles. The molecule has 2 aliphatic heterocycles. The van der Waals surface area contributed by atoms with Gasteiger partial charge < -0.3 is 9.88 Å². The number of hydrogen-bond acceptors (Lipinski definition) is 8. The maximum absolute atomic E-state index is 13.0. The number of aryl methyl sites for hydroxylation is 1. The van der Waals surface area contributed by atoms with Gasteiger partial charge in [0.05, 0.1) is 22.8 Å². The molecule has 5 heterocycles. The van der Waals surface area contributed by atoms with Crippen molar-refractivity contribution in [3.63, 3.8) is 0 Å². The number of hydrogen-bond donors (Lipinski definition) is 1. The molecular formula is C35H43F3N8OS2. The molecule has 49 heavy (non-hydrogen) atoms. The molecule has 1 aromatic carbocycles. The zero-order valence-corrected chi connectivity index (χ0v) is 29.6. The highest BCUT2D eigenvalue weighted by molar-refractivity contribution is 7.83. The van der Waals surface area contributed by atoms with E-state index >= 15 is 0 Å². The highest BCUT2D eigenvalue weighted by atomic mass is 32.2. The summed E-state index contributed by atoms with van der Waals surface area (Å²) in [5.74, 6) is 0.601. The van der Waals surface area contributed by atoms with E-state index < -0.39 is 23.6 Å². The Labute approximate surface area is 291 Å². The molecule has 0 bridgehead atoms. The number of benzene rings is 1. The smallest absolute Gasteiger partial charge is 0.367 e. The van der Waals surface area contributed by atoms with Crippen LogP contribution in [0, 0.1) is 18.3 Å². The lowest BCUT2D eigenvalue weighted by atomic mass is 10.0. The maximum Gasteiger partial charge on any atom is 0.393 e. The van der Waals surface area contributed by atoms with Crippen molar-refractivity contribution in [1.29, 1.82) is 5.26 Å². The van der Waals surface area contributed by atoms with E-state index in [0.29, 0.717) is 27.0 Å². The van der Waals surface area contributed by atoms with Gasteiger partial charge in [-0.25, -0.2) is 18.5 Å². The van der Waals surface area contributed by atoms with Crippen molar-refractivity contribution in [3.8, 4) is 6.07 Å². The third kappa shape index (κ3) is 7.51. The summed E-state index contributed by atoms with van der Waals surface area (Å²) in [5, 5.41) is 15.7. The number of piperazine rings is 1. The molecule has 9 nitrogen and oxygen atoms in total. The van der Waals surface area contributed by atoms with Gasteiger partial charge in [-0.3, -0.25) is 9.80 Å². The van der Waals surface area contributed by atoms with Crippen molar-refractivity contribution in [2.45, 2.75) is 89.0 Å². The van der Waals surface area contributed by atoms with E-state index in [-0.39, 0.29) is 17.0 Å². The largest absolute Gasteiger partial charge is 0.393 e. The van der Waals surface area contributed by atoms with Crippen LogP contribution >= 0.6 is 11.3 Å². The Morgan fingerprint density at radius 1 is 1.06 bits per heavy atom. The number of nitriles is 1. The highest BCUT2D eigenvalue weighted by Crippen LogP contribution is 2.34. The number of halogens is 3. The molecule has 3 fully saturated rings. The zero-order chi connectivity index (χ0) is 34.3. The van der Waals surface area contributed by atoms with Gasteiger partial charge in [0.15, 0.2) is 0 Å². The monoisotopic (exact) mass is 712 g/mol. The first-order valence-corrected chi connectivity index (χ1v) is 19.3. The number of piperidine rings is 1. The van der Waals surface area contributed by atoms with Gasteiger partial charge in [0, 0.05) is 85.5 Å². The summed E-state index contributed by atoms with van der Waals surface area (Å²) in [6.07, 6.45) is 1.36. The molecule has 3 aromatic heterocycles. The second-order valence-electron chi connectivity index (χ2n) is 13.8. The van der Waals surface area contributed by atoms with Crippen molar-refractivity contribution in [3.05, 3.63) is 52.3 Å². The Morgan fingerprint density at radius 3 is 2.49 bits per heavy atom. The van der Waals surface area contributed by atoms with Gasteiger partial charge in [-0.05, 0) is 68.9 Å². The molecule has 0 spiro atoms. The number of rotatable bonds is 10. The molecule has 1 unspecified atom stereocenters. The van der Waals surface area contributed by atoms with E-state index in [0.717, 1.165) is 100 Å². The van der Waals surface area contributed by atoms with Crippen molar-refractivity contribution in [2.24, 2.45) is 0 Å². The highest BCUT2D eigenvalue weighted by Gasteiger charge is 2.32. The third-order valence-corrected chi connectivity index (χ3v) is 13.6. The zero-order valence-electron chi connectivity index (χ0n) is 28.0. The first-order valence-electron chi connectivity index (χ1n) is 17.3. The van der Waals surface area contributed by atoms with Crippen LogP contribution < -0.4 is 5.32 Å². The van der Waals surface area contributed by atoms with E-state index in [9.17, 15) is 22.6 Å². The van der Waals surface area contributed by atoms with Crippen LogP contribution in [0.5, 0.6) is 0 Å². The Hall–Kier alpha value is -3.09. The topological polar surface area (TPSA) is 93.3 Å². The first kappa shape index (κ1) is 34.4. The Kier molecular flexibility index (Phi) is 10.0. The Balaban J connectivity index is 0.961. The average molecular weight is 713 g/mol. The molecule has 1 aliphatic carbocycles. The number of fused-ring (bicyclic) bond motifs is 2. The fourth-order valence-electron chi connectivity index (χ4n) is 7.44. The molecule has 1 N–H and O–H groups in total. The maximum atomic E-state index is 13.0. The van der Waals surface area contributed by atoms with Crippen LogP contribution in [-0.2, 0) is 30.5 Å². The molecule has 4 aromatic rings. The quantitative estimate of drug-likeness (QED) is 0.209. The van der Waals surface area contributed by atoms with E-state index in [2.05, 4.69) is 66.0 Å². The van der Waals surface area contributed by atoms with Gasteiger partial charge in [-0.2, -0.15) is 18.4 Å². The second kappa shape index (κ2) is 14.3. The van der Waals surface area contributed by atoms with Crippen LogP contribution in [0.25, 0.3) is 21.1 Å². The van der Waals surface area contributed by atoms with E-state index in [1.807, 2.05) is 6.07 Å². The number of nitrogens with one attached hydrogen (secondary N) is 1. The summed E-state index contributed by atoms with van der Waals surface area (Å²) in [6.45, 7) is 11.1. The Morgan fingerprint density at radius 2 is 1.82 bits per heavy atom. The van der Waals surface area contributed by atoms with Gasteiger partial charge in [0.1, 0.15) is 28.7 Å². The van der Waals surface area contributed by atoms with E-state index in [1.165, 1.54) is 23.9 Å². The lowest BCUT2D eigenvalue weighted by molar-refractivity contribution is -0.126. The van der Waals surface area contributed by atoms with Crippen LogP contribution in [0.4, 0.5) is 19.0 Å². The average Bonchev–Trinajstić information content (AvgIpc) is 3.63. The summed E-state index contributed by atoms with van der Waals surface area (Å²) in [4.78, 5) is 14.3. The van der Waals surface area contributed by atoms with Gasteiger partial charge in [-0.15, -0.1) is 11.3 Å². The van der Waals surface area contributed by atoms with Crippen molar-refractivity contribution >= 4 is 49.3 Å². The summed E-state index contributed by atoms with van der Waals surface area (Å²) >= 11 is 1.07. The normalized spacial score (nSPS) is 20.4. The Bertz CT molecular complexity index is 1860. The summed E-state index contributed by atoms with van der Waals surface area (Å²) in [6, 6.07) is 10.8. The summed E-state index contributed by atoms with van der Waals surface area (Å²) < 4.78 is 56.0. The van der Waals surface area contributed by atoms with Crippen LogP contribution in [-0.4, -0.2) is 95.6 Å². The molecule has 1 saturated carbocycles. The number of nitrogens with zero attached hydrogens (tertiary/aromatic N) is 7. The minimum absolute atomic E-state index is 0.172. The molecule has 262 valence electrons. The van der Waals surface area contributed by atoms with Crippen LogP contribution in [0.15, 0.2) is 30.6 Å². The fraction of sp³-hybridized carbons (Fsp3) is 0.571. The van der Waals surface area contributed by atoms with E-state index in [4.69, 9.17) is 0 Å². The number of alkyl halides is 3. The number of thiophene rings is 1. The standard InChI is InChI=1S/C35H43F3N8OS2/c1-23(44-12-14-45(15-13-44)49(47)29-4-3-5-29)20-46-27(19-39)16-30-24(2)25(6-7-32(30)46)21-43-10-8-26(9-11-43)42-33-31-17-28(18-35(36,37)38)48-34(31)41-22-40-33/h6-7,16-17,22-23,26,29H,3-5,8-15,18,20-21H2,1-2H3,(H,40,41,42)/t23-,49?/m0/s1. The minimum Gasteiger partial charge on any atom is -0.367 e. The van der Waals surface area contributed by atoms with Crippen molar-refractivity contribution in [1.82, 2.24) is 28.6 Å². The fourth-order valence-corrected chi connectivity index (χ4v) is 10.2. The summed E-state index contributed by atoms with van der Waals surface area (Å²) in [5.41, 5.74) is 4.20. The molecule has 2 atom stereocenters. The van der Waals surface area contributed by atoms with Crippen LogP contribution in [0.3, 0.4) is 0 Å². The predicted octanol–water partition coefficient (Wildman–Crippen LogP) is 6.23. The third-order valence-electron chi connectivity index (χ3n) is 10.6. The molecule has 0 amide bonds. The number of aromatic nitrogens is 3. The van der Waals surface area contributed by atoms with Crippen LogP contribution in [0.1, 0.15) is 60.7 Å². The lowest BCUT2D eigenvalue weighted by Crippen LogP contribution is -2.52. The van der Waals surface area contributed by atoms with E-state index in [1.54, 1.807) is 6.07 Å². The molecule has 7 rings (SSSR count). The predicted molar refractivity (Wildman–Crippen MR) is 189 cm³/mol. The number of anilines is 1. The van der Waals surface area contributed by atoms with Crippen LogP contribution in [0.2, 0.25) is 0 Å². The minimum atomic E-state index is -4.26. The molecular weight excluding hydrogens is 670 g/mol. The SMILES string of the molecule is Cc1c(CN2CCC(Nc3ncnc4sc(CC(F)(F)F)cc34)CC2)ccc2c1cc(C#N)n2C[C@H](C)N1CCN(S(=O)C2CCC2)CC1. The van der Waals surface area contributed by atoms with Crippen molar-refractivity contribution < 1.29 is 17.4 Å². The van der Waals surface area contributed by atoms with Crippen molar-refractivity contribution in [2.75, 3.05) is 44.6 Å². The lowest BCUT2D eigenvalue weighted by Gasteiger charge is -2.39. The van der Waals surface area contributed by atoms with Gasteiger partial charge >= 0.3 is 6.18 Å². The van der Waals surface area contributed by atoms with Gasteiger partial charge in [0.2, 0.25) is 0 Å². The molecule has 0 radical (unpaired) electrons. The first-order chi connectivity index (χ1) is 23.6. The molecule has 14 heteroatoms. The molecule has 3 aliphatic rings. The van der Waals surface area contributed by atoms with Gasteiger partial charge in [0.25, 0.3) is 0 Å². The second-order valence-corrected chi connectivity index (χ2v) is 16.7. The number of likely N-dealkylation sites (tertiary alicyclic amines) is 1. The summed E-state index contributed by atoms with van der Waals surface area (Å²) in [7, 11) is -0.855.